The minimum absolute atomic E-state index is 0.0165. The van der Waals surface area contributed by atoms with Crippen LogP contribution in [0.5, 0.6) is 5.75 Å². The number of benzene rings is 2. The van der Waals surface area contributed by atoms with E-state index in [4.69, 9.17) is 9.47 Å². The number of Topliss-reactive ketones (excluding diaryl/α,β-unsaturated/α-hetero) is 1. The van der Waals surface area contributed by atoms with Crippen molar-refractivity contribution < 1.29 is 23.9 Å². The summed E-state index contributed by atoms with van der Waals surface area (Å²) in [4.78, 5) is 39.7. The summed E-state index contributed by atoms with van der Waals surface area (Å²) in [5, 5.41) is 5.26. The van der Waals surface area contributed by atoms with Crippen molar-refractivity contribution in [3.8, 4) is 5.75 Å². The monoisotopic (exact) mass is 452 g/mol. The lowest BCUT2D eigenvalue weighted by Crippen LogP contribution is -2.14. The molecule has 0 saturated heterocycles. The van der Waals surface area contributed by atoms with E-state index in [-0.39, 0.29) is 37.7 Å². The minimum atomic E-state index is -0.406. The first-order valence-corrected chi connectivity index (χ1v) is 11.0. The third-order valence-electron chi connectivity index (χ3n) is 4.46. The number of rotatable bonds is 10. The highest BCUT2D eigenvalue weighted by atomic mass is 32.1. The largest absolute Gasteiger partial charge is 0.493 e. The number of aryl methyl sites for hydroxylation is 1. The Balaban J connectivity index is 1.36. The summed E-state index contributed by atoms with van der Waals surface area (Å²) >= 11 is 1.35. The first kappa shape index (κ1) is 23.1. The van der Waals surface area contributed by atoms with Gasteiger partial charge in [0.05, 0.1) is 25.1 Å². The summed E-state index contributed by atoms with van der Waals surface area (Å²) in [7, 11) is 0. The van der Waals surface area contributed by atoms with Crippen LogP contribution >= 0.6 is 11.3 Å². The quantitative estimate of drug-likeness (QED) is 0.363. The van der Waals surface area contributed by atoms with Gasteiger partial charge in [-0.1, -0.05) is 17.7 Å². The molecule has 1 heterocycles. The Kier molecular flexibility index (Phi) is 8.10. The first-order valence-electron chi connectivity index (χ1n) is 10.1. The van der Waals surface area contributed by atoms with Crippen LogP contribution in [0.3, 0.4) is 0 Å². The molecular formula is C24H24N2O5S. The van der Waals surface area contributed by atoms with Crippen LogP contribution < -0.4 is 10.1 Å². The molecule has 0 unspecified atom stereocenters. The van der Waals surface area contributed by atoms with Crippen LogP contribution in [0, 0.1) is 6.92 Å². The highest BCUT2D eigenvalue weighted by molar-refractivity contribution is 7.09. The van der Waals surface area contributed by atoms with Crippen molar-refractivity contribution in [2.24, 2.45) is 0 Å². The molecule has 0 aliphatic rings. The average Bonchev–Trinajstić information content (AvgIpc) is 3.21. The maximum Gasteiger partial charge on any atom is 0.309 e. The number of amides is 1. The molecular weight excluding hydrogens is 428 g/mol. The number of esters is 1. The number of aromatic nitrogens is 1. The lowest BCUT2D eigenvalue weighted by molar-refractivity contribution is -0.145. The average molecular weight is 453 g/mol. The van der Waals surface area contributed by atoms with Gasteiger partial charge < -0.3 is 14.8 Å². The number of carbonyl (C=O) groups is 3. The van der Waals surface area contributed by atoms with Crippen molar-refractivity contribution in [3.05, 3.63) is 75.7 Å². The second-order valence-electron chi connectivity index (χ2n) is 7.16. The van der Waals surface area contributed by atoms with Gasteiger partial charge in [-0.2, -0.15) is 0 Å². The number of nitrogens with zero attached hydrogens (tertiary/aromatic N) is 1. The molecule has 32 heavy (non-hydrogen) atoms. The minimum Gasteiger partial charge on any atom is -0.493 e. The Morgan fingerprint density at radius 1 is 1.03 bits per heavy atom. The van der Waals surface area contributed by atoms with Crippen LogP contribution in [0.4, 0.5) is 5.69 Å². The molecule has 0 spiro atoms. The van der Waals surface area contributed by atoms with E-state index in [0.717, 1.165) is 11.3 Å². The molecule has 0 saturated carbocycles. The van der Waals surface area contributed by atoms with Gasteiger partial charge in [-0.15, -0.1) is 11.3 Å². The SMILES string of the molecule is CC(=O)c1ccc(OCCC(=O)OCc2csc(CC(=O)Nc3ccc(C)cc3)n2)cc1. The van der Waals surface area contributed by atoms with Crippen LogP contribution in [0.15, 0.2) is 53.9 Å². The van der Waals surface area contributed by atoms with Gasteiger partial charge in [-0.3, -0.25) is 14.4 Å². The number of carbonyl (C=O) groups excluding carboxylic acids is 3. The Hall–Kier alpha value is -3.52. The third-order valence-corrected chi connectivity index (χ3v) is 5.36. The van der Waals surface area contributed by atoms with E-state index in [1.165, 1.54) is 18.3 Å². The van der Waals surface area contributed by atoms with Gasteiger partial charge in [0.1, 0.15) is 17.4 Å². The molecule has 2 aromatic carbocycles. The lowest BCUT2D eigenvalue weighted by atomic mass is 10.1. The smallest absolute Gasteiger partial charge is 0.309 e. The summed E-state index contributed by atoms with van der Waals surface area (Å²) in [6.45, 7) is 3.69. The zero-order valence-electron chi connectivity index (χ0n) is 17.9. The second kappa shape index (κ2) is 11.2. The van der Waals surface area contributed by atoms with Crippen LogP contribution in [0.1, 0.15) is 40.0 Å². The van der Waals surface area contributed by atoms with Gasteiger partial charge in [-0.05, 0) is 50.2 Å². The molecule has 0 aliphatic carbocycles. The van der Waals surface area contributed by atoms with Gasteiger partial charge in [0, 0.05) is 16.6 Å². The molecule has 0 atom stereocenters. The van der Waals surface area contributed by atoms with Crippen molar-refractivity contribution in [1.82, 2.24) is 4.98 Å². The molecule has 0 fully saturated rings. The summed E-state index contributed by atoms with van der Waals surface area (Å²) < 4.78 is 10.7. The van der Waals surface area contributed by atoms with E-state index in [1.54, 1.807) is 29.6 Å². The van der Waals surface area contributed by atoms with Gasteiger partial charge in [-0.25, -0.2) is 4.98 Å². The second-order valence-corrected chi connectivity index (χ2v) is 8.11. The maximum atomic E-state index is 12.2. The zero-order chi connectivity index (χ0) is 22.9. The van der Waals surface area contributed by atoms with Crippen LogP contribution in [0.25, 0.3) is 0 Å². The van der Waals surface area contributed by atoms with Gasteiger partial charge >= 0.3 is 5.97 Å². The molecule has 8 heteroatoms. The lowest BCUT2D eigenvalue weighted by Gasteiger charge is -2.07. The van der Waals surface area contributed by atoms with Gasteiger partial charge in [0.2, 0.25) is 5.91 Å². The van der Waals surface area contributed by atoms with Crippen molar-refractivity contribution in [2.45, 2.75) is 33.3 Å². The molecule has 0 bridgehead atoms. The number of thiazole rings is 1. The standard InChI is InChI=1S/C24H24N2O5S/c1-16-3-7-19(8-4-16)25-22(28)13-23-26-20(15-32-23)14-31-24(29)11-12-30-21-9-5-18(6-10-21)17(2)27/h3-10,15H,11-14H2,1-2H3,(H,25,28). The van der Waals surface area contributed by atoms with E-state index in [9.17, 15) is 14.4 Å². The Morgan fingerprint density at radius 2 is 1.75 bits per heavy atom. The van der Waals surface area contributed by atoms with E-state index < -0.39 is 5.97 Å². The fourth-order valence-corrected chi connectivity index (χ4v) is 3.52. The third kappa shape index (κ3) is 7.31. The molecule has 166 valence electrons. The van der Waals surface area contributed by atoms with Crippen LogP contribution in [-0.2, 0) is 27.4 Å². The number of ketones is 1. The maximum absolute atomic E-state index is 12.2. The number of nitrogens with one attached hydrogen (secondary N) is 1. The molecule has 3 aromatic rings. The van der Waals surface area contributed by atoms with E-state index >= 15 is 0 Å². The van der Waals surface area contributed by atoms with E-state index in [2.05, 4.69) is 10.3 Å². The molecule has 1 amide bonds. The van der Waals surface area contributed by atoms with Crippen molar-refractivity contribution >= 4 is 34.7 Å². The van der Waals surface area contributed by atoms with E-state index in [1.807, 2.05) is 31.2 Å². The molecule has 0 radical (unpaired) electrons. The van der Waals surface area contributed by atoms with E-state index in [0.29, 0.717) is 22.0 Å². The summed E-state index contributed by atoms with van der Waals surface area (Å²) in [5.41, 5.74) is 3.06. The number of ether oxygens (including phenoxy) is 2. The zero-order valence-corrected chi connectivity index (χ0v) is 18.7. The molecule has 3 rings (SSSR count). The highest BCUT2D eigenvalue weighted by Gasteiger charge is 2.11. The Labute approximate surface area is 190 Å². The first-order chi connectivity index (χ1) is 15.4. The summed E-state index contributed by atoms with van der Waals surface area (Å²) in [5.74, 6) is 0.00494. The molecule has 1 aromatic heterocycles. The van der Waals surface area contributed by atoms with Crippen molar-refractivity contribution in [1.29, 1.82) is 0 Å². The predicted octanol–water partition coefficient (Wildman–Crippen LogP) is 4.35. The number of hydrogen-bond acceptors (Lipinski definition) is 7. The Morgan fingerprint density at radius 3 is 2.44 bits per heavy atom. The van der Waals surface area contributed by atoms with Crippen LogP contribution in [-0.4, -0.2) is 29.3 Å². The molecule has 1 N–H and O–H groups in total. The Bertz CT molecular complexity index is 1070. The normalized spacial score (nSPS) is 10.4. The number of hydrogen-bond donors (Lipinski definition) is 1. The molecule has 0 aliphatic heterocycles. The van der Waals surface area contributed by atoms with Crippen LogP contribution in [0.2, 0.25) is 0 Å². The summed E-state index contributed by atoms with van der Waals surface area (Å²) in [6.07, 6.45) is 0.243. The fraction of sp³-hybridized carbons (Fsp3) is 0.250. The molecule has 7 nitrogen and oxygen atoms in total. The summed E-state index contributed by atoms with van der Waals surface area (Å²) in [6, 6.07) is 14.3. The number of anilines is 1. The van der Waals surface area contributed by atoms with Gasteiger partial charge in [0.15, 0.2) is 5.78 Å². The fourth-order valence-electron chi connectivity index (χ4n) is 2.74. The highest BCUT2D eigenvalue weighted by Crippen LogP contribution is 2.15. The van der Waals surface area contributed by atoms with Crippen molar-refractivity contribution in [2.75, 3.05) is 11.9 Å². The predicted molar refractivity (Wildman–Crippen MR) is 122 cm³/mol. The topological polar surface area (TPSA) is 94.6 Å². The van der Waals surface area contributed by atoms with Crippen molar-refractivity contribution in [3.63, 3.8) is 0 Å². The van der Waals surface area contributed by atoms with Gasteiger partial charge in [0.25, 0.3) is 0 Å².